The van der Waals surface area contributed by atoms with Crippen LogP contribution in [0.4, 0.5) is 0 Å². The van der Waals surface area contributed by atoms with Crippen LogP contribution in [-0.2, 0) is 13.2 Å². The molecule has 0 saturated carbocycles. The summed E-state index contributed by atoms with van der Waals surface area (Å²) in [5, 5.41) is 12.4. The molecule has 2 aromatic rings. The predicted molar refractivity (Wildman–Crippen MR) is 101 cm³/mol. The first-order valence-corrected chi connectivity index (χ1v) is 8.70. The monoisotopic (exact) mass is 337 g/mol. The van der Waals surface area contributed by atoms with Crippen molar-refractivity contribution in [1.29, 1.82) is 5.26 Å². The highest BCUT2D eigenvalue weighted by Gasteiger charge is 2.03. The first-order valence-electron chi connectivity index (χ1n) is 8.70. The molecule has 0 bridgehead atoms. The Hall–Kier alpha value is -2.35. The molecule has 0 spiro atoms. The van der Waals surface area contributed by atoms with Gasteiger partial charge in [0, 0.05) is 25.7 Å². The van der Waals surface area contributed by atoms with Crippen LogP contribution in [0.1, 0.15) is 30.5 Å². The van der Waals surface area contributed by atoms with Crippen molar-refractivity contribution in [3.63, 3.8) is 0 Å². The van der Waals surface area contributed by atoms with Gasteiger partial charge in [-0.1, -0.05) is 24.3 Å². The van der Waals surface area contributed by atoms with Gasteiger partial charge in [0.05, 0.1) is 11.6 Å². The van der Waals surface area contributed by atoms with Crippen LogP contribution in [0.15, 0.2) is 48.5 Å². The van der Waals surface area contributed by atoms with E-state index in [-0.39, 0.29) is 0 Å². The van der Waals surface area contributed by atoms with Crippen LogP contribution < -0.4 is 10.1 Å². The van der Waals surface area contributed by atoms with Gasteiger partial charge in [-0.3, -0.25) is 0 Å². The van der Waals surface area contributed by atoms with Crippen molar-refractivity contribution in [3.05, 3.63) is 65.2 Å². The van der Waals surface area contributed by atoms with Gasteiger partial charge in [-0.25, -0.2) is 0 Å². The van der Waals surface area contributed by atoms with E-state index in [0.717, 1.165) is 30.9 Å². The fraction of sp³-hybridized carbons (Fsp3) is 0.381. The first kappa shape index (κ1) is 19.0. The van der Waals surface area contributed by atoms with Gasteiger partial charge in [-0.05, 0) is 56.3 Å². The van der Waals surface area contributed by atoms with Gasteiger partial charge in [-0.15, -0.1) is 0 Å². The molecule has 0 fully saturated rings. The van der Waals surface area contributed by atoms with Gasteiger partial charge in [-0.2, -0.15) is 5.26 Å². The molecule has 0 unspecified atom stereocenters. The first-order chi connectivity index (χ1) is 12.1. The Bertz CT molecular complexity index is 706. The molecule has 0 saturated heterocycles. The third-order valence-electron chi connectivity index (χ3n) is 4.21. The normalized spacial score (nSPS) is 10.9. The SMILES string of the molecule is CC(C)N(C)CCNCc1cccc(OCc2cccc(C#N)c2)c1. The lowest BCUT2D eigenvalue weighted by Crippen LogP contribution is -2.33. The molecule has 0 aromatic heterocycles. The number of likely N-dealkylation sites (N-methyl/N-ethyl adjacent to an activating group) is 1. The second-order valence-corrected chi connectivity index (χ2v) is 6.50. The smallest absolute Gasteiger partial charge is 0.120 e. The Morgan fingerprint density at radius 2 is 1.88 bits per heavy atom. The standard InChI is InChI=1S/C21H27N3O/c1-17(2)24(3)11-10-23-15-19-7-5-9-21(13-19)25-16-20-8-4-6-18(12-20)14-22/h4-9,12-13,17,23H,10-11,15-16H2,1-3H3. The van der Waals surface area contributed by atoms with E-state index in [0.29, 0.717) is 18.2 Å². The van der Waals surface area contributed by atoms with Crippen molar-refractivity contribution < 1.29 is 4.74 Å². The van der Waals surface area contributed by atoms with Crippen molar-refractivity contribution >= 4 is 0 Å². The molecule has 1 N–H and O–H groups in total. The zero-order valence-corrected chi connectivity index (χ0v) is 15.3. The minimum Gasteiger partial charge on any atom is -0.489 e. The van der Waals surface area contributed by atoms with E-state index in [1.165, 1.54) is 5.56 Å². The zero-order chi connectivity index (χ0) is 18.1. The molecule has 0 atom stereocenters. The lowest BCUT2D eigenvalue weighted by Gasteiger charge is -2.21. The Kier molecular flexibility index (Phi) is 7.46. The molecule has 0 heterocycles. The highest BCUT2D eigenvalue weighted by Crippen LogP contribution is 2.15. The molecule has 0 amide bonds. The number of ether oxygens (including phenoxy) is 1. The summed E-state index contributed by atoms with van der Waals surface area (Å²) < 4.78 is 5.86. The number of nitriles is 1. The molecule has 2 aromatic carbocycles. The minimum absolute atomic E-state index is 0.464. The summed E-state index contributed by atoms with van der Waals surface area (Å²) in [7, 11) is 2.14. The van der Waals surface area contributed by atoms with Crippen LogP contribution >= 0.6 is 0 Å². The molecule has 4 heteroatoms. The second kappa shape index (κ2) is 9.83. The van der Waals surface area contributed by atoms with E-state index in [2.05, 4.69) is 49.3 Å². The quantitative estimate of drug-likeness (QED) is 0.711. The van der Waals surface area contributed by atoms with Crippen molar-refractivity contribution in [2.24, 2.45) is 0 Å². The molecule has 2 rings (SSSR count). The van der Waals surface area contributed by atoms with Gasteiger partial charge in [0.25, 0.3) is 0 Å². The molecular formula is C21H27N3O. The van der Waals surface area contributed by atoms with E-state index < -0.39 is 0 Å². The molecule has 0 aliphatic carbocycles. The van der Waals surface area contributed by atoms with E-state index in [4.69, 9.17) is 10.00 Å². The van der Waals surface area contributed by atoms with Crippen molar-refractivity contribution in [1.82, 2.24) is 10.2 Å². The van der Waals surface area contributed by atoms with Crippen molar-refractivity contribution in [2.75, 3.05) is 20.1 Å². The predicted octanol–water partition coefficient (Wildman–Crippen LogP) is 3.57. The number of hydrogen-bond donors (Lipinski definition) is 1. The van der Waals surface area contributed by atoms with Crippen LogP contribution in [-0.4, -0.2) is 31.1 Å². The number of nitrogens with zero attached hydrogens (tertiary/aromatic N) is 2. The van der Waals surface area contributed by atoms with E-state index >= 15 is 0 Å². The minimum atomic E-state index is 0.464. The summed E-state index contributed by atoms with van der Waals surface area (Å²) in [6.07, 6.45) is 0. The largest absolute Gasteiger partial charge is 0.489 e. The fourth-order valence-corrected chi connectivity index (χ4v) is 2.39. The van der Waals surface area contributed by atoms with Crippen LogP contribution in [0.5, 0.6) is 5.75 Å². The molecule has 25 heavy (non-hydrogen) atoms. The highest BCUT2D eigenvalue weighted by atomic mass is 16.5. The average Bonchev–Trinajstić information content (AvgIpc) is 2.64. The Balaban J connectivity index is 1.81. The molecule has 0 aliphatic rings. The van der Waals surface area contributed by atoms with E-state index in [1.807, 2.05) is 30.3 Å². The lowest BCUT2D eigenvalue weighted by atomic mass is 10.1. The van der Waals surface area contributed by atoms with Crippen LogP contribution in [0.2, 0.25) is 0 Å². The zero-order valence-electron chi connectivity index (χ0n) is 15.3. The van der Waals surface area contributed by atoms with Crippen LogP contribution in [0.3, 0.4) is 0 Å². The third-order valence-corrected chi connectivity index (χ3v) is 4.21. The maximum Gasteiger partial charge on any atom is 0.120 e. The van der Waals surface area contributed by atoms with Gasteiger partial charge < -0.3 is 15.0 Å². The molecular weight excluding hydrogens is 310 g/mol. The van der Waals surface area contributed by atoms with Gasteiger partial charge >= 0.3 is 0 Å². The second-order valence-electron chi connectivity index (χ2n) is 6.50. The Labute approximate surface area is 151 Å². The lowest BCUT2D eigenvalue weighted by molar-refractivity contribution is 0.273. The van der Waals surface area contributed by atoms with Crippen LogP contribution in [0, 0.1) is 11.3 Å². The third kappa shape index (κ3) is 6.58. The highest BCUT2D eigenvalue weighted by molar-refractivity contribution is 5.33. The Morgan fingerprint density at radius 1 is 1.12 bits per heavy atom. The summed E-state index contributed by atoms with van der Waals surface area (Å²) in [6, 6.07) is 18.4. The molecule has 132 valence electrons. The van der Waals surface area contributed by atoms with Crippen molar-refractivity contribution in [2.45, 2.75) is 33.0 Å². The topological polar surface area (TPSA) is 48.3 Å². The van der Waals surface area contributed by atoms with Gasteiger partial charge in [0.2, 0.25) is 0 Å². The number of benzene rings is 2. The van der Waals surface area contributed by atoms with E-state index in [1.54, 1.807) is 6.07 Å². The summed E-state index contributed by atoms with van der Waals surface area (Å²) in [5.74, 6) is 0.848. The Morgan fingerprint density at radius 3 is 2.64 bits per heavy atom. The fourth-order valence-electron chi connectivity index (χ4n) is 2.39. The maximum absolute atomic E-state index is 8.95. The number of hydrogen-bond acceptors (Lipinski definition) is 4. The maximum atomic E-state index is 8.95. The van der Waals surface area contributed by atoms with Gasteiger partial charge in [0.1, 0.15) is 12.4 Å². The molecule has 4 nitrogen and oxygen atoms in total. The summed E-state index contributed by atoms with van der Waals surface area (Å²) in [5.41, 5.74) is 2.86. The summed E-state index contributed by atoms with van der Waals surface area (Å²) >= 11 is 0. The molecule has 0 aliphatic heterocycles. The molecule has 0 radical (unpaired) electrons. The van der Waals surface area contributed by atoms with Crippen molar-refractivity contribution in [3.8, 4) is 11.8 Å². The van der Waals surface area contributed by atoms with Crippen LogP contribution in [0.25, 0.3) is 0 Å². The summed E-state index contributed by atoms with van der Waals surface area (Å²) in [6.45, 7) is 7.68. The average molecular weight is 337 g/mol. The van der Waals surface area contributed by atoms with E-state index in [9.17, 15) is 0 Å². The number of rotatable bonds is 9. The summed E-state index contributed by atoms with van der Waals surface area (Å²) in [4.78, 5) is 2.32. The van der Waals surface area contributed by atoms with Gasteiger partial charge in [0.15, 0.2) is 0 Å². The number of nitrogens with one attached hydrogen (secondary N) is 1.